The second-order valence-electron chi connectivity index (χ2n) is 14.6. The van der Waals surface area contributed by atoms with E-state index in [1.165, 1.54) is 57.8 Å². The van der Waals surface area contributed by atoms with Crippen molar-refractivity contribution in [3.05, 3.63) is 0 Å². The summed E-state index contributed by atoms with van der Waals surface area (Å²) in [5.41, 5.74) is 0.201. The number of hydrogen-bond donors (Lipinski definition) is 0. The molecule has 5 fully saturated rings. The van der Waals surface area contributed by atoms with Crippen molar-refractivity contribution in [1.82, 2.24) is 0 Å². The molecule has 0 amide bonds. The molecule has 5 aliphatic rings. The maximum atomic E-state index is 12.8. The Hall–Kier alpha value is -1.06. The summed E-state index contributed by atoms with van der Waals surface area (Å²) in [7, 11) is 0. The van der Waals surface area contributed by atoms with Gasteiger partial charge in [0.05, 0.1) is 6.61 Å². The van der Waals surface area contributed by atoms with Crippen molar-refractivity contribution in [3.63, 3.8) is 0 Å². The second-order valence-corrected chi connectivity index (χ2v) is 14.6. The van der Waals surface area contributed by atoms with Crippen molar-refractivity contribution in [2.45, 2.75) is 125 Å². The van der Waals surface area contributed by atoms with Gasteiger partial charge in [0.25, 0.3) is 0 Å². The Morgan fingerprint density at radius 2 is 1.72 bits per heavy atom. The van der Waals surface area contributed by atoms with Crippen LogP contribution in [0.1, 0.15) is 119 Å². The molecule has 0 aromatic rings. The fourth-order valence-electron chi connectivity index (χ4n) is 10.6. The molecule has 204 valence electrons. The fraction of sp³-hybridized carbons (Fsp3) is 0.938. The predicted octanol–water partition coefficient (Wildman–Crippen LogP) is 7.58. The zero-order valence-electron chi connectivity index (χ0n) is 23.9. The lowest BCUT2D eigenvalue weighted by atomic mass is 9.42. The molecule has 0 aromatic heterocycles. The summed E-state index contributed by atoms with van der Waals surface area (Å²) in [6.45, 7) is 14.6. The third-order valence-corrected chi connectivity index (χ3v) is 12.6. The topological polar surface area (TPSA) is 52.6 Å². The van der Waals surface area contributed by atoms with Crippen LogP contribution in [0.25, 0.3) is 0 Å². The third kappa shape index (κ3) is 3.98. The molecule has 10 atom stereocenters. The Bertz CT molecular complexity index is 851. The Labute approximate surface area is 220 Å². The molecule has 1 aliphatic heterocycles. The van der Waals surface area contributed by atoms with Crippen LogP contribution in [0.4, 0.5) is 0 Å². The van der Waals surface area contributed by atoms with Gasteiger partial charge in [-0.25, -0.2) is 4.79 Å². The van der Waals surface area contributed by atoms with E-state index in [4.69, 9.17) is 9.47 Å². The van der Waals surface area contributed by atoms with Crippen molar-refractivity contribution in [2.75, 3.05) is 6.61 Å². The van der Waals surface area contributed by atoms with Crippen molar-refractivity contribution in [1.29, 1.82) is 0 Å². The van der Waals surface area contributed by atoms with Crippen molar-refractivity contribution in [3.8, 4) is 0 Å². The number of carbonyl (C=O) groups excluding carboxylic acids is 2. The number of ether oxygens (including phenoxy) is 2. The molecule has 1 heterocycles. The summed E-state index contributed by atoms with van der Waals surface area (Å²) in [6.07, 6.45) is 14.3. The monoisotopic (exact) mass is 500 g/mol. The number of fused-ring (bicyclic) bond motifs is 5. The highest BCUT2D eigenvalue weighted by atomic mass is 16.6. The first-order valence-electron chi connectivity index (χ1n) is 15.4. The first kappa shape index (κ1) is 26.5. The summed E-state index contributed by atoms with van der Waals surface area (Å²) in [5, 5.41) is 0. The molecule has 1 saturated heterocycles. The van der Waals surface area contributed by atoms with E-state index in [9.17, 15) is 9.59 Å². The van der Waals surface area contributed by atoms with E-state index in [0.717, 1.165) is 54.8 Å². The molecular weight excluding hydrogens is 448 g/mol. The first-order valence-corrected chi connectivity index (χ1v) is 15.4. The van der Waals surface area contributed by atoms with E-state index in [2.05, 4.69) is 34.6 Å². The van der Waals surface area contributed by atoms with E-state index < -0.39 is 11.5 Å². The Kier molecular flexibility index (Phi) is 7.08. The van der Waals surface area contributed by atoms with E-state index in [1.54, 1.807) is 0 Å². The zero-order chi connectivity index (χ0) is 25.9. The zero-order valence-corrected chi connectivity index (χ0v) is 23.9. The highest BCUT2D eigenvalue weighted by Crippen LogP contribution is 2.70. The van der Waals surface area contributed by atoms with Crippen LogP contribution in [0.3, 0.4) is 0 Å². The van der Waals surface area contributed by atoms with Gasteiger partial charge in [0.1, 0.15) is 5.41 Å². The van der Waals surface area contributed by atoms with Gasteiger partial charge >= 0.3 is 11.9 Å². The van der Waals surface area contributed by atoms with E-state index in [-0.39, 0.29) is 11.9 Å². The van der Waals surface area contributed by atoms with Crippen molar-refractivity contribution < 1.29 is 19.1 Å². The lowest BCUT2D eigenvalue weighted by Gasteiger charge is -2.64. The van der Waals surface area contributed by atoms with Gasteiger partial charge in [-0.2, -0.15) is 0 Å². The number of hydrogen-bond acceptors (Lipinski definition) is 4. The number of carbonyl (C=O) groups is 2. The predicted molar refractivity (Wildman–Crippen MR) is 142 cm³/mol. The van der Waals surface area contributed by atoms with Crippen molar-refractivity contribution in [2.24, 2.45) is 57.7 Å². The van der Waals surface area contributed by atoms with Gasteiger partial charge in [-0.15, -0.1) is 0 Å². The summed E-state index contributed by atoms with van der Waals surface area (Å²) < 4.78 is 10.7. The van der Waals surface area contributed by atoms with Crippen LogP contribution in [-0.2, 0) is 19.1 Å². The van der Waals surface area contributed by atoms with Crippen LogP contribution in [-0.4, -0.2) is 24.6 Å². The molecule has 4 aliphatic carbocycles. The number of rotatable bonds is 7. The lowest BCUT2D eigenvalue weighted by molar-refractivity contribution is -0.235. The standard InChI is InChI=1S/C32H52O4/c1-7-35-28(33)27-32(29(34)36-27)18-17-30(5)22(19-32)11-12-23-25-14-13-24(21(4)10-8-9-20(2)3)31(25,6)16-15-26(23)30/h20-27H,7-19H2,1-6H3/t21-,22+,23+,24-,25+,26+,27-,30+,31-,32-/m1/s1. The minimum absolute atomic E-state index is 0.147. The van der Waals surface area contributed by atoms with Gasteiger partial charge in [-0.3, -0.25) is 4.79 Å². The van der Waals surface area contributed by atoms with Gasteiger partial charge in [0, 0.05) is 0 Å². The SMILES string of the molecule is CCOC(=O)[C@H]1OC(=O)[C@@]12CC[C@@]1(C)[C@@H](CC[C@@H]3[C@@H]1CC[C@]1(C)[C@@H]([C@H](C)CCCC(C)C)CC[C@@H]31)C2. The van der Waals surface area contributed by atoms with Gasteiger partial charge in [0.2, 0.25) is 6.10 Å². The Balaban J connectivity index is 1.28. The maximum absolute atomic E-state index is 12.8. The second kappa shape index (κ2) is 9.60. The highest BCUT2D eigenvalue weighted by Gasteiger charge is 2.68. The molecule has 0 bridgehead atoms. The third-order valence-electron chi connectivity index (χ3n) is 12.6. The van der Waals surface area contributed by atoms with Gasteiger partial charge in [-0.1, -0.05) is 53.9 Å². The molecule has 4 nitrogen and oxygen atoms in total. The normalized spacial score (nSPS) is 46.4. The van der Waals surface area contributed by atoms with Crippen LogP contribution < -0.4 is 0 Å². The molecule has 0 N–H and O–H groups in total. The largest absolute Gasteiger partial charge is 0.463 e. The quantitative estimate of drug-likeness (QED) is 0.338. The summed E-state index contributed by atoms with van der Waals surface area (Å²) in [6, 6.07) is 0. The molecule has 0 aromatic carbocycles. The van der Waals surface area contributed by atoms with Gasteiger partial charge in [-0.05, 0) is 117 Å². The van der Waals surface area contributed by atoms with Crippen LogP contribution >= 0.6 is 0 Å². The molecule has 0 unspecified atom stereocenters. The number of cyclic esters (lactones) is 1. The maximum Gasteiger partial charge on any atom is 0.348 e. The molecule has 5 rings (SSSR count). The van der Waals surface area contributed by atoms with Gasteiger partial charge < -0.3 is 9.47 Å². The summed E-state index contributed by atoms with van der Waals surface area (Å²) in [5.74, 6) is 5.11. The molecule has 4 saturated carbocycles. The van der Waals surface area contributed by atoms with Crippen LogP contribution in [0.15, 0.2) is 0 Å². The van der Waals surface area contributed by atoms with E-state index in [0.29, 0.717) is 23.4 Å². The summed E-state index contributed by atoms with van der Waals surface area (Å²) >= 11 is 0. The lowest BCUT2D eigenvalue weighted by Crippen LogP contribution is -2.65. The fourth-order valence-corrected chi connectivity index (χ4v) is 10.6. The molecule has 36 heavy (non-hydrogen) atoms. The average molecular weight is 501 g/mol. The Morgan fingerprint density at radius 3 is 2.42 bits per heavy atom. The highest BCUT2D eigenvalue weighted by molar-refractivity contribution is 5.95. The molecule has 1 spiro atoms. The molecular formula is C32H52O4. The van der Waals surface area contributed by atoms with Crippen LogP contribution in [0.5, 0.6) is 0 Å². The van der Waals surface area contributed by atoms with Crippen LogP contribution in [0.2, 0.25) is 0 Å². The first-order chi connectivity index (χ1) is 17.1. The minimum atomic E-state index is -0.672. The minimum Gasteiger partial charge on any atom is -0.463 e. The molecule has 0 radical (unpaired) electrons. The van der Waals surface area contributed by atoms with E-state index in [1.807, 2.05) is 6.92 Å². The molecule has 4 heteroatoms. The number of esters is 2. The Morgan fingerprint density at radius 1 is 0.972 bits per heavy atom. The van der Waals surface area contributed by atoms with Crippen molar-refractivity contribution >= 4 is 11.9 Å². The summed E-state index contributed by atoms with van der Waals surface area (Å²) in [4.78, 5) is 25.3. The van der Waals surface area contributed by atoms with Crippen LogP contribution in [0, 0.1) is 57.7 Å². The van der Waals surface area contributed by atoms with E-state index >= 15 is 0 Å². The smallest absolute Gasteiger partial charge is 0.348 e. The average Bonchev–Trinajstić information content (AvgIpc) is 3.19. The van der Waals surface area contributed by atoms with Gasteiger partial charge in [0.15, 0.2) is 0 Å².